The van der Waals surface area contributed by atoms with Crippen LogP contribution in [0.25, 0.3) is 0 Å². The van der Waals surface area contributed by atoms with Crippen LogP contribution in [0.15, 0.2) is 23.8 Å². The lowest BCUT2D eigenvalue weighted by Gasteiger charge is -2.20. The average molecular weight is 262 g/mol. The zero-order valence-corrected chi connectivity index (χ0v) is 11.3. The summed E-state index contributed by atoms with van der Waals surface area (Å²) in [5.74, 6) is 0.625. The molecule has 2 heterocycles. The SMILES string of the molecule is C=CCn1cc(CN=C(N)N2CCCCCC2)nn1. The number of hydrogen-bond donors (Lipinski definition) is 1. The second-order valence-corrected chi connectivity index (χ2v) is 4.80. The first-order valence-corrected chi connectivity index (χ1v) is 6.84. The molecule has 0 bridgehead atoms. The monoisotopic (exact) mass is 262 g/mol. The molecule has 1 saturated heterocycles. The van der Waals surface area contributed by atoms with E-state index in [0.29, 0.717) is 19.0 Å². The molecule has 2 rings (SSSR count). The Kier molecular flexibility index (Phi) is 4.94. The van der Waals surface area contributed by atoms with Crippen molar-refractivity contribution in [2.75, 3.05) is 13.1 Å². The minimum atomic E-state index is 0.486. The highest BCUT2D eigenvalue weighted by molar-refractivity contribution is 5.78. The van der Waals surface area contributed by atoms with Crippen LogP contribution in [0.4, 0.5) is 0 Å². The fraction of sp³-hybridized carbons (Fsp3) is 0.615. The van der Waals surface area contributed by atoms with Crippen LogP contribution in [0, 0.1) is 0 Å². The molecule has 0 amide bonds. The summed E-state index contributed by atoms with van der Waals surface area (Å²) in [5, 5.41) is 8.04. The van der Waals surface area contributed by atoms with Crippen molar-refractivity contribution in [3.8, 4) is 0 Å². The summed E-state index contributed by atoms with van der Waals surface area (Å²) in [6.07, 6.45) is 8.64. The van der Waals surface area contributed by atoms with E-state index in [-0.39, 0.29) is 0 Å². The summed E-state index contributed by atoms with van der Waals surface area (Å²) in [6, 6.07) is 0. The van der Waals surface area contributed by atoms with Gasteiger partial charge in [0.15, 0.2) is 5.96 Å². The minimum absolute atomic E-state index is 0.486. The van der Waals surface area contributed by atoms with E-state index in [1.54, 1.807) is 10.8 Å². The Morgan fingerprint density at radius 1 is 1.37 bits per heavy atom. The molecule has 2 N–H and O–H groups in total. The van der Waals surface area contributed by atoms with E-state index in [4.69, 9.17) is 5.73 Å². The molecule has 6 nitrogen and oxygen atoms in total. The van der Waals surface area contributed by atoms with Gasteiger partial charge in [-0.05, 0) is 12.8 Å². The number of nitrogens with two attached hydrogens (primary N) is 1. The van der Waals surface area contributed by atoms with E-state index in [2.05, 4.69) is 26.8 Å². The molecule has 0 atom stereocenters. The van der Waals surface area contributed by atoms with Gasteiger partial charge in [-0.25, -0.2) is 9.67 Å². The van der Waals surface area contributed by atoms with Crippen LogP contribution in [-0.4, -0.2) is 38.9 Å². The van der Waals surface area contributed by atoms with E-state index < -0.39 is 0 Å². The summed E-state index contributed by atoms with van der Waals surface area (Å²) in [5.41, 5.74) is 6.87. The van der Waals surface area contributed by atoms with Crippen LogP contribution >= 0.6 is 0 Å². The van der Waals surface area contributed by atoms with Crippen molar-refractivity contribution in [1.29, 1.82) is 0 Å². The minimum Gasteiger partial charge on any atom is -0.370 e. The number of allylic oxidation sites excluding steroid dienone is 1. The lowest BCUT2D eigenvalue weighted by atomic mass is 10.2. The third-order valence-electron chi connectivity index (χ3n) is 3.24. The lowest BCUT2D eigenvalue weighted by Crippen LogP contribution is -2.38. The molecular weight excluding hydrogens is 240 g/mol. The van der Waals surface area contributed by atoms with Gasteiger partial charge in [0.05, 0.1) is 19.3 Å². The maximum Gasteiger partial charge on any atom is 0.191 e. The summed E-state index contributed by atoms with van der Waals surface area (Å²) < 4.78 is 1.74. The average Bonchev–Trinajstić information content (AvgIpc) is 2.69. The first kappa shape index (κ1) is 13.6. The molecule has 0 saturated carbocycles. The molecule has 0 spiro atoms. The van der Waals surface area contributed by atoms with Gasteiger partial charge >= 0.3 is 0 Å². The predicted molar refractivity (Wildman–Crippen MR) is 75.6 cm³/mol. The Bertz CT molecular complexity index is 428. The molecule has 1 aromatic heterocycles. The Balaban J connectivity index is 1.90. The van der Waals surface area contributed by atoms with Crippen molar-refractivity contribution in [1.82, 2.24) is 19.9 Å². The molecule has 1 aliphatic rings. The van der Waals surface area contributed by atoms with Gasteiger partial charge in [0.1, 0.15) is 5.69 Å². The number of nitrogens with zero attached hydrogens (tertiary/aromatic N) is 5. The van der Waals surface area contributed by atoms with Crippen LogP contribution in [0.3, 0.4) is 0 Å². The van der Waals surface area contributed by atoms with Crippen LogP contribution in [0.2, 0.25) is 0 Å². The Labute approximate surface area is 114 Å². The summed E-state index contributed by atoms with van der Waals surface area (Å²) in [7, 11) is 0. The van der Waals surface area contributed by atoms with Crippen molar-refractivity contribution in [3.63, 3.8) is 0 Å². The second-order valence-electron chi connectivity index (χ2n) is 4.80. The first-order chi connectivity index (χ1) is 9.29. The Hall–Kier alpha value is -1.85. The maximum absolute atomic E-state index is 6.04. The third-order valence-corrected chi connectivity index (χ3v) is 3.24. The molecule has 0 radical (unpaired) electrons. The normalized spacial score (nSPS) is 17.3. The predicted octanol–water partition coefficient (Wildman–Crippen LogP) is 1.15. The summed E-state index contributed by atoms with van der Waals surface area (Å²) >= 11 is 0. The zero-order valence-electron chi connectivity index (χ0n) is 11.3. The smallest absolute Gasteiger partial charge is 0.191 e. The van der Waals surface area contributed by atoms with Gasteiger partial charge in [-0.3, -0.25) is 0 Å². The fourth-order valence-corrected chi connectivity index (χ4v) is 2.19. The van der Waals surface area contributed by atoms with E-state index in [1.807, 2.05) is 6.20 Å². The van der Waals surface area contributed by atoms with Gasteiger partial charge in [-0.15, -0.1) is 11.7 Å². The van der Waals surface area contributed by atoms with E-state index >= 15 is 0 Å². The lowest BCUT2D eigenvalue weighted by molar-refractivity contribution is 0.428. The van der Waals surface area contributed by atoms with Crippen molar-refractivity contribution in [3.05, 3.63) is 24.5 Å². The quantitative estimate of drug-likeness (QED) is 0.502. The zero-order chi connectivity index (χ0) is 13.5. The Morgan fingerprint density at radius 2 is 2.11 bits per heavy atom. The highest BCUT2D eigenvalue weighted by Crippen LogP contribution is 2.09. The number of rotatable bonds is 4. The van der Waals surface area contributed by atoms with Gasteiger partial charge in [0, 0.05) is 13.1 Å². The Morgan fingerprint density at radius 3 is 2.79 bits per heavy atom. The summed E-state index contributed by atoms with van der Waals surface area (Å²) in [4.78, 5) is 6.58. The van der Waals surface area contributed by atoms with Gasteiger partial charge in [0.2, 0.25) is 0 Å². The van der Waals surface area contributed by atoms with Crippen molar-refractivity contribution in [2.45, 2.75) is 38.8 Å². The fourth-order valence-electron chi connectivity index (χ4n) is 2.19. The first-order valence-electron chi connectivity index (χ1n) is 6.84. The highest BCUT2D eigenvalue weighted by atomic mass is 15.4. The number of likely N-dealkylation sites (tertiary alicyclic amines) is 1. The van der Waals surface area contributed by atoms with E-state index in [1.165, 1.54) is 25.7 Å². The molecule has 0 unspecified atom stereocenters. The largest absolute Gasteiger partial charge is 0.370 e. The molecular formula is C13H22N6. The van der Waals surface area contributed by atoms with Gasteiger partial charge < -0.3 is 10.6 Å². The van der Waals surface area contributed by atoms with Crippen LogP contribution < -0.4 is 5.73 Å². The van der Waals surface area contributed by atoms with Crippen molar-refractivity contribution in [2.24, 2.45) is 10.7 Å². The topological polar surface area (TPSA) is 72.3 Å². The number of aromatic nitrogens is 3. The molecule has 104 valence electrons. The second kappa shape index (κ2) is 6.92. The molecule has 6 heteroatoms. The standard InChI is InChI=1S/C13H22N6/c1-2-7-19-11-12(16-17-19)10-15-13(14)18-8-5-3-4-6-9-18/h2,11H,1,3-10H2,(H2,14,15). The molecule has 1 aromatic rings. The molecule has 0 aliphatic carbocycles. The van der Waals surface area contributed by atoms with E-state index in [9.17, 15) is 0 Å². The van der Waals surface area contributed by atoms with Gasteiger partial charge in [-0.2, -0.15) is 0 Å². The number of aliphatic imine (C=N–C) groups is 1. The van der Waals surface area contributed by atoms with Crippen molar-refractivity contribution >= 4 is 5.96 Å². The number of guanidine groups is 1. The van der Waals surface area contributed by atoms with Gasteiger partial charge in [-0.1, -0.05) is 24.1 Å². The van der Waals surface area contributed by atoms with Crippen molar-refractivity contribution < 1.29 is 0 Å². The number of hydrogen-bond acceptors (Lipinski definition) is 3. The van der Waals surface area contributed by atoms with Crippen LogP contribution in [0.1, 0.15) is 31.4 Å². The van der Waals surface area contributed by atoms with Crippen LogP contribution in [-0.2, 0) is 13.1 Å². The molecule has 0 aromatic carbocycles. The van der Waals surface area contributed by atoms with E-state index in [0.717, 1.165) is 18.8 Å². The van der Waals surface area contributed by atoms with Gasteiger partial charge in [0.25, 0.3) is 0 Å². The summed E-state index contributed by atoms with van der Waals surface area (Å²) in [6.45, 7) is 6.84. The molecule has 1 aliphatic heterocycles. The molecule has 19 heavy (non-hydrogen) atoms. The third kappa shape index (κ3) is 4.08. The maximum atomic E-state index is 6.04. The highest BCUT2D eigenvalue weighted by Gasteiger charge is 2.10. The van der Waals surface area contributed by atoms with Crippen LogP contribution in [0.5, 0.6) is 0 Å². The molecule has 1 fully saturated rings.